The van der Waals surface area contributed by atoms with Crippen molar-refractivity contribution >= 4 is 28.9 Å². The van der Waals surface area contributed by atoms with Crippen LogP contribution in [0.4, 0.5) is 11.4 Å². The number of nitrogens with one attached hydrogen (secondary N) is 2. The molecule has 25 heavy (non-hydrogen) atoms. The largest absolute Gasteiger partial charge is 0.354 e. The normalized spacial score (nSPS) is 10.3. The Hall–Kier alpha value is -2.85. The standard InChI is InChI=1S/C20H18ClN3O/c1-14-7-8-16(11-18(14)21)24-17-9-10-19(22-13-17)20(25)23-12-15-5-3-2-4-6-15/h2-11,13,24H,12H2,1H3,(H,23,25). The van der Waals surface area contributed by atoms with Crippen molar-refractivity contribution in [3.8, 4) is 0 Å². The van der Waals surface area contributed by atoms with E-state index in [4.69, 9.17) is 11.6 Å². The van der Waals surface area contributed by atoms with E-state index in [9.17, 15) is 4.79 Å². The molecule has 0 spiro atoms. The van der Waals surface area contributed by atoms with Gasteiger partial charge in [-0.1, -0.05) is 48.0 Å². The SMILES string of the molecule is Cc1ccc(Nc2ccc(C(=O)NCc3ccccc3)nc2)cc1Cl. The molecular formula is C20H18ClN3O. The summed E-state index contributed by atoms with van der Waals surface area (Å²) in [7, 11) is 0. The summed E-state index contributed by atoms with van der Waals surface area (Å²) in [5, 5.41) is 6.78. The van der Waals surface area contributed by atoms with Gasteiger partial charge in [-0.2, -0.15) is 0 Å². The molecule has 5 heteroatoms. The number of hydrogen-bond acceptors (Lipinski definition) is 3. The molecular weight excluding hydrogens is 334 g/mol. The van der Waals surface area contributed by atoms with Crippen molar-refractivity contribution in [3.05, 3.63) is 88.7 Å². The fourth-order valence-corrected chi connectivity index (χ4v) is 2.49. The highest BCUT2D eigenvalue weighted by molar-refractivity contribution is 6.31. The summed E-state index contributed by atoms with van der Waals surface area (Å²) < 4.78 is 0. The fourth-order valence-electron chi connectivity index (χ4n) is 2.31. The third-order valence-electron chi connectivity index (χ3n) is 3.75. The number of aromatic nitrogens is 1. The maximum absolute atomic E-state index is 12.2. The van der Waals surface area contributed by atoms with Crippen molar-refractivity contribution in [2.45, 2.75) is 13.5 Å². The topological polar surface area (TPSA) is 54.0 Å². The predicted octanol–water partition coefficient (Wildman–Crippen LogP) is 4.72. The van der Waals surface area contributed by atoms with Crippen LogP contribution >= 0.6 is 11.6 Å². The first-order chi connectivity index (χ1) is 12.1. The molecule has 0 radical (unpaired) electrons. The van der Waals surface area contributed by atoms with Gasteiger partial charge in [-0.05, 0) is 42.3 Å². The lowest BCUT2D eigenvalue weighted by atomic mass is 10.2. The molecule has 0 fully saturated rings. The van der Waals surface area contributed by atoms with Crippen molar-refractivity contribution in [3.63, 3.8) is 0 Å². The van der Waals surface area contributed by atoms with Gasteiger partial charge in [0.1, 0.15) is 5.69 Å². The molecule has 2 aromatic carbocycles. The van der Waals surface area contributed by atoms with Crippen LogP contribution in [0.1, 0.15) is 21.6 Å². The van der Waals surface area contributed by atoms with Crippen LogP contribution in [0.15, 0.2) is 66.9 Å². The van der Waals surface area contributed by atoms with Crippen molar-refractivity contribution in [1.29, 1.82) is 0 Å². The predicted molar refractivity (Wildman–Crippen MR) is 101 cm³/mol. The summed E-state index contributed by atoms with van der Waals surface area (Å²) in [4.78, 5) is 16.4. The minimum atomic E-state index is -0.200. The van der Waals surface area contributed by atoms with Gasteiger partial charge in [0, 0.05) is 17.3 Å². The minimum absolute atomic E-state index is 0.200. The Morgan fingerprint density at radius 3 is 2.48 bits per heavy atom. The van der Waals surface area contributed by atoms with E-state index in [1.54, 1.807) is 12.3 Å². The Morgan fingerprint density at radius 1 is 1.04 bits per heavy atom. The molecule has 4 nitrogen and oxygen atoms in total. The Labute approximate surface area is 151 Å². The number of pyridine rings is 1. The second kappa shape index (κ2) is 7.81. The molecule has 0 saturated carbocycles. The molecule has 1 amide bonds. The van der Waals surface area contributed by atoms with Crippen LogP contribution < -0.4 is 10.6 Å². The zero-order valence-corrected chi connectivity index (χ0v) is 14.5. The summed E-state index contributed by atoms with van der Waals surface area (Å²) in [6.45, 7) is 2.43. The number of carbonyl (C=O) groups excluding carboxylic acids is 1. The highest BCUT2D eigenvalue weighted by atomic mass is 35.5. The van der Waals surface area contributed by atoms with Crippen LogP contribution in [0.2, 0.25) is 5.02 Å². The van der Waals surface area contributed by atoms with E-state index in [0.29, 0.717) is 17.3 Å². The van der Waals surface area contributed by atoms with Gasteiger partial charge in [0.25, 0.3) is 5.91 Å². The van der Waals surface area contributed by atoms with Crippen molar-refractivity contribution in [2.75, 3.05) is 5.32 Å². The van der Waals surface area contributed by atoms with E-state index < -0.39 is 0 Å². The van der Waals surface area contributed by atoms with Crippen LogP contribution in [0.25, 0.3) is 0 Å². The Morgan fingerprint density at radius 2 is 1.80 bits per heavy atom. The van der Waals surface area contributed by atoms with E-state index in [-0.39, 0.29) is 5.91 Å². The van der Waals surface area contributed by atoms with Gasteiger partial charge in [-0.15, -0.1) is 0 Å². The highest BCUT2D eigenvalue weighted by Crippen LogP contribution is 2.22. The van der Waals surface area contributed by atoms with Crippen molar-refractivity contribution < 1.29 is 4.79 Å². The average Bonchev–Trinajstić information content (AvgIpc) is 2.64. The lowest BCUT2D eigenvalue weighted by molar-refractivity contribution is 0.0946. The van der Waals surface area contributed by atoms with Crippen LogP contribution in [-0.4, -0.2) is 10.9 Å². The van der Waals surface area contributed by atoms with Crippen LogP contribution in [0.3, 0.4) is 0 Å². The number of amides is 1. The van der Waals surface area contributed by atoms with E-state index in [2.05, 4.69) is 15.6 Å². The molecule has 0 unspecified atom stereocenters. The number of hydrogen-bond donors (Lipinski definition) is 2. The first-order valence-corrected chi connectivity index (χ1v) is 8.31. The number of halogens is 1. The maximum Gasteiger partial charge on any atom is 0.270 e. The van der Waals surface area contributed by atoms with Gasteiger partial charge in [-0.3, -0.25) is 4.79 Å². The summed E-state index contributed by atoms with van der Waals surface area (Å²) in [6.07, 6.45) is 1.63. The van der Waals surface area contributed by atoms with Crippen LogP contribution in [0.5, 0.6) is 0 Å². The summed E-state index contributed by atoms with van der Waals surface area (Å²) in [6, 6.07) is 19.0. The van der Waals surface area contributed by atoms with Gasteiger partial charge < -0.3 is 10.6 Å². The van der Waals surface area contributed by atoms with Gasteiger partial charge in [0.2, 0.25) is 0 Å². The number of carbonyl (C=O) groups is 1. The third kappa shape index (κ3) is 4.58. The zero-order valence-electron chi connectivity index (χ0n) is 13.8. The summed E-state index contributed by atoms with van der Waals surface area (Å²) in [5.74, 6) is -0.200. The highest BCUT2D eigenvalue weighted by Gasteiger charge is 2.07. The van der Waals surface area contributed by atoms with Crippen molar-refractivity contribution in [2.24, 2.45) is 0 Å². The van der Waals surface area contributed by atoms with Gasteiger partial charge in [0.05, 0.1) is 11.9 Å². The van der Waals surface area contributed by atoms with Gasteiger partial charge >= 0.3 is 0 Å². The van der Waals surface area contributed by atoms with Gasteiger partial charge in [0.15, 0.2) is 0 Å². The molecule has 0 saturated heterocycles. The van der Waals surface area contributed by atoms with Crippen LogP contribution in [0, 0.1) is 6.92 Å². The van der Waals surface area contributed by atoms with E-state index in [0.717, 1.165) is 22.5 Å². The lowest BCUT2D eigenvalue weighted by Crippen LogP contribution is -2.23. The molecule has 1 aromatic heterocycles. The van der Waals surface area contributed by atoms with E-state index >= 15 is 0 Å². The smallest absolute Gasteiger partial charge is 0.270 e. The Bertz CT molecular complexity index is 864. The van der Waals surface area contributed by atoms with E-state index in [1.807, 2.05) is 61.5 Å². The first-order valence-electron chi connectivity index (χ1n) is 7.93. The number of benzene rings is 2. The number of nitrogens with zero attached hydrogens (tertiary/aromatic N) is 1. The molecule has 3 aromatic rings. The number of anilines is 2. The molecule has 2 N–H and O–H groups in total. The average molecular weight is 352 g/mol. The molecule has 0 aliphatic carbocycles. The maximum atomic E-state index is 12.2. The fraction of sp³-hybridized carbons (Fsp3) is 0.100. The summed E-state index contributed by atoms with van der Waals surface area (Å²) >= 11 is 6.12. The second-order valence-electron chi connectivity index (χ2n) is 5.69. The minimum Gasteiger partial charge on any atom is -0.354 e. The molecule has 0 bridgehead atoms. The molecule has 3 rings (SSSR count). The second-order valence-corrected chi connectivity index (χ2v) is 6.10. The number of rotatable bonds is 5. The molecule has 1 heterocycles. The zero-order chi connectivity index (χ0) is 17.6. The summed E-state index contributed by atoms with van der Waals surface area (Å²) in [5.41, 5.74) is 4.11. The van der Waals surface area contributed by atoms with Gasteiger partial charge in [-0.25, -0.2) is 4.98 Å². The van der Waals surface area contributed by atoms with Crippen molar-refractivity contribution in [1.82, 2.24) is 10.3 Å². The molecule has 126 valence electrons. The monoisotopic (exact) mass is 351 g/mol. The number of aryl methyl sites for hydroxylation is 1. The molecule has 0 atom stereocenters. The third-order valence-corrected chi connectivity index (χ3v) is 4.16. The Balaban J connectivity index is 1.61. The first kappa shape index (κ1) is 17.0. The molecule has 0 aliphatic heterocycles. The Kier molecular flexibility index (Phi) is 5.31. The molecule has 0 aliphatic rings. The lowest BCUT2D eigenvalue weighted by Gasteiger charge is -2.09. The van der Waals surface area contributed by atoms with Crippen LogP contribution in [-0.2, 0) is 6.54 Å². The van der Waals surface area contributed by atoms with E-state index in [1.165, 1.54) is 0 Å². The quantitative estimate of drug-likeness (QED) is 0.699.